The Labute approximate surface area is 181 Å². The number of rotatable bonds is 8. The van der Waals surface area contributed by atoms with Crippen molar-refractivity contribution >= 4 is 50.9 Å². The Kier molecular flexibility index (Phi) is 8.48. The molecule has 0 aliphatic carbocycles. The molecule has 2 rings (SSSR count). The Bertz CT molecular complexity index is 908. The quantitative estimate of drug-likeness (QED) is 0.410. The van der Waals surface area contributed by atoms with E-state index in [2.05, 4.69) is 27.0 Å². The van der Waals surface area contributed by atoms with Crippen LogP contribution in [0.4, 0.5) is 0 Å². The largest absolute Gasteiger partial charge is 0.462 e. The van der Waals surface area contributed by atoms with Gasteiger partial charge in [0.2, 0.25) is 5.91 Å². The molecule has 0 aliphatic heterocycles. The first-order chi connectivity index (χ1) is 13.4. The van der Waals surface area contributed by atoms with Crippen molar-refractivity contribution < 1.29 is 14.3 Å². The van der Waals surface area contributed by atoms with Gasteiger partial charge in [-0.3, -0.25) is 4.79 Å². The molecule has 0 N–H and O–H groups in total. The third-order valence-corrected chi connectivity index (χ3v) is 6.42. The van der Waals surface area contributed by atoms with Crippen molar-refractivity contribution in [2.45, 2.75) is 32.3 Å². The number of nitrogens with zero attached hydrogens (tertiary/aromatic N) is 3. The van der Waals surface area contributed by atoms with Gasteiger partial charge in [-0.25, -0.2) is 9.78 Å². The van der Waals surface area contributed by atoms with Crippen molar-refractivity contribution in [1.82, 2.24) is 9.88 Å². The van der Waals surface area contributed by atoms with Crippen molar-refractivity contribution in [2.75, 3.05) is 18.9 Å². The molecule has 0 bridgehead atoms. The highest BCUT2D eigenvalue weighted by atomic mass is 79.9. The van der Waals surface area contributed by atoms with E-state index in [9.17, 15) is 14.9 Å². The number of halogens is 1. The topological polar surface area (TPSA) is 83.3 Å². The van der Waals surface area contributed by atoms with Gasteiger partial charge in [0.25, 0.3) is 0 Å². The van der Waals surface area contributed by atoms with Crippen molar-refractivity contribution in [3.05, 3.63) is 43.7 Å². The van der Waals surface area contributed by atoms with Crippen molar-refractivity contribution in [2.24, 2.45) is 0 Å². The first-order valence-corrected chi connectivity index (χ1v) is 11.2. The van der Waals surface area contributed by atoms with Gasteiger partial charge in [0.1, 0.15) is 11.1 Å². The molecule has 0 fully saturated rings. The number of nitriles is 1. The molecule has 9 heteroatoms. The fourth-order valence-corrected chi connectivity index (χ4v) is 4.81. The molecule has 0 atom stereocenters. The molecule has 2 aromatic rings. The van der Waals surface area contributed by atoms with Crippen LogP contribution in [-0.4, -0.2) is 40.7 Å². The summed E-state index contributed by atoms with van der Waals surface area (Å²) in [6, 6.07) is 7.48. The highest BCUT2D eigenvalue weighted by Crippen LogP contribution is 2.26. The highest BCUT2D eigenvalue weighted by molar-refractivity contribution is 9.11. The van der Waals surface area contributed by atoms with Crippen LogP contribution in [0.3, 0.4) is 0 Å². The molecule has 148 valence electrons. The molecule has 0 aromatic carbocycles. The second-order valence-corrected chi connectivity index (χ2v) is 9.22. The Balaban J connectivity index is 2.09. The molecule has 0 unspecified atom stereocenters. The van der Waals surface area contributed by atoms with E-state index in [-0.39, 0.29) is 29.4 Å². The van der Waals surface area contributed by atoms with Gasteiger partial charge in [-0.1, -0.05) is 11.8 Å². The summed E-state index contributed by atoms with van der Waals surface area (Å²) in [5, 5.41) is 9.85. The van der Waals surface area contributed by atoms with Crippen molar-refractivity contribution in [1.29, 1.82) is 5.26 Å². The maximum absolute atomic E-state index is 12.6. The van der Waals surface area contributed by atoms with Gasteiger partial charge in [-0.15, -0.1) is 11.3 Å². The molecule has 28 heavy (non-hydrogen) atoms. The third-order valence-electron chi connectivity index (χ3n) is 3.84. The molecule has 2 aromatic heterocycles. The van der Waals surface area contributed by atoms with Gasteiger partial charge in [0, 0.05) is 11.4 Å². The Morgan fingerprint density at radius 1 is 1.39 bits per heavy atom. The molecule has 2 heterocycles. The van der Waals surface area contributed by atoms with Crippen LogP contribution in [-0.2, 0) is 16.1 Å². The zero-order valence-corrected chi connectivity index (χ0v) is 19.0. The van der Waals surface area contributed by atoms with Crippen LogP contribution in [0.5, 0.6) is 0 Å². The SMILES string of the molecule is CCOC(=O)c1cc(C#N)c(SCC(=O)N(CC)Cc2ccc(Br)s2)nc1C. The molecule has 6 nitrogen and oxygen atoms in total. The minimum Gasteiger partial charge on any atom is -0.462 e. The Morgan fingerprint density at radius 2 is 2.14 bits per heavy atom. The van der Waals surface area contributed by atoms with Gasteiger partial charge in [-0.05, 0) is 54.9 Å². The minimum absolute atomic E-state index is 0.0326. The van der Waals surface area contributed by atoms with E-state index in [1.165, 1.54) is 17.8 Å². The zero-order chi connectivity index (χ0) is 20.7. The third kappa shape index (κ3) is 5.80. The minimum atomic E-state index is -0.504. The molecular formula is C19H20BrN3O3S2. The van der Waals surface area contributed by atoms with E-state index in [1.807, 2.05) is 19.1 Å². The summed E-state index contributed by atoms with van der Waals surface area (Å²) in [4.78, 5) is 31.8. The summed E-state index contributed by atoms with van der Waals surface area (Å²) in [7, 11) is 0. The summed E-state index contributed by atoms with van der Waals surface area (Å²) < 4.78 is 6.02. The Hall–Kier alpha value is -1.89. The smallest absolute Gasteiger partial charge is 0.340 e. The zero-order valence-electron chi connectivity index (χ0n) is 15.8. The predicted octanol–water partition coefficient (Wildman–Crippen LogP) is 4.40. The fraction of sp³-hybridized carbons (Fsp3) is 0.368. The number of esters is 1. The maximum atomic E-state index is 12.6. The number of thiophene rings is 1. The van der Waals surface area contributed by atoms with Crippen LogP contribution in [0.15, 0.2) is 27.0 Å². The van der Waals surface area contributed by atoms with Gasteiger partial charge in [-0.2, -0.15) is 5.26 Å². The molecule has 0 spiro atoms. The summed E-state index contributed by atoms with van der Waals surface area (Å²) in [6.07, 6.45) is 0. The van der Waals surface area contributed by atoms with E-state index in [0.717, 1.165) is 8.66 Å². The second-order valence-electron chi connectivity index (χ2n) is 5.71. The van der Waals surface area contributed by atoms with Crippen molar-refractivity contribution in [3.8, 4) is 6.07 Å². The standard InChI is InChI=1S/C19H20BrN3O3S2/c1-4-23(10-14-6-7-16(20)28-14)17(24)11-27-18-13(9-21)8-15(12(3)22-18)19(25)26-5-2/h6-8H,4-5,10-11H2,1-3H3. The van der Waals surface area contributed by atoms with Crippen molar-refractivity contribution in [3.63, 3.8) is 0 Å². The predicted molar refractivity (Wildman–Crippen MR) is 113 cm³/mol. The lowest BCUT2D eigenvalue weighted by Gasteiger charge is -2.20. The van der Waals surface area contributed by atoms with Gasteiger partial charge < -0.3 is 9.64 Å². The van der Waals surface area contributed by atoms with Gasteiger partial charge in [0.05, 0.1) is 39.5 Å². The summed E-state index contributed by atoms with van der Waals surface area (Å²) in [5.41, 5.74) is 1.01. The van der Waals surface area contributed by atoms with E-state index >= 15 is 0 Å². The molecule has 0 radical (unpaired) electrons. The second kappa shape index (κ2) is 10.6. The van der Waals surface area contributed by atoms with Crippen LogP contribution >= 0.6 is 39.0 Å². The number of carbonyl (C=O) groups excluding carboxylic acids is 2. The number of aryl methyl sites for hydroxylation is 1. The fourth-order valence-electron chi connectivity index (χ4n) is 2.41. The van der Waals surface area contributed by atoms with E-state index < -0.39 is 5.97 Å². The van der Waals surface area contributed by atoms with Crippen LogP contribution in [0, 0.1) is 18.3 Å². The number of amides is 1. The summed E-state index contributed by atoms with van der Waals surface area (Å²) >= 11 is 6.23. The molecule has 1 amide bonds. The number of aromatic nitrogens is 1. The average molecular weight is 482 g/mol. The molecule has 0 aliphatic rings. The summed E-state index contributed by atoms with van der Waals surface area (Å²) in [6.45, 7) is 6.73. The van der Waals surface area contributed by atoms with E-state index in [4.69, 9.17) is 4.74 Å². The number of hydrogen-bond donors (Lipinski definition) is 0. The average Bonchev–Trinajstić information content (AvgIpc) is 3.09. The van der Waals surface area contributed by atoms with Gasteiger partial charge in [0.15, 0.2) is 0 Å². The highest BCUT2D eigenvalue weighted by Gasteiger charge is 2.19. The number of pyridine rings is 1. The summed E-state index contributed by atoms with van der Waals surface area (Å²) in [5.74, 6) is -0.369. The normalized spacial score (nSPS) is 10.4. The number of hydrogen-bond acceptors (Lipinski definition) is 7. The van der Waals surface area contributed by atoms with E-state index in [0.29, 0.717) is 23.8 Å². The van der Waals surface area contributed by atoms with Crippen LogP contribution in [0.1, 0.15) is 40.3 Å². The first kappa shape index (κ1) is 22.4. The lowest BCUT2D eigenvalue weighted by Crippen LogP contribution is -2.31. The first-order valence-electron chi connectivity index (χ1n) is 8.63. The number of thioether (sulfide) groups is 1. The monoisotopic (exact) mass is 481 g/mol. The van der Waals surface area contributed by atoms with Crippen LogP contribution < -0.4 is 0 Å². The number of carbonyl (C=O) groups is 2. The molecule has 0 saturated carbocycles. The lowest BCUT2D eigenvalue weighted by molar-refractivity contribution is -0.128. The molecule has 0 saturated heterocycles. The lowest BCUT2D eigenvalue weighted by atomic mass is 10.1. The molecular weight excluding hydrogens is 462 g/mol. The van der Waals surface area contributed by atoms with Gasteiger partial charge >= 0.3 is 5.97 Å². The maximum Gasteiger partial charge on any atom is 0.340 e. The van der Waals surface area contributed by atoms with E-state index in [1.54, 1.807) is 30.1 Å². The Morgan fingerprint density at radius 3 is 2.71 bits per heavy atom. The number of ether oxygens (including phenoxy) is 1. The van der Waals surface area contributed by atoms with Crippen LogP contribution in [0.2, 0.25) is 0 Å². The van der Waals surface area contributed by atoms with Crippen LogP contribution in [0.25, 0.3) is 0 Å².